The molecule has 5 nitrogen and oxygen atoms in total. The fraction of sp³-hybridized carbons (Fsp3) is 0.818. The number of hydrogen-bond acceptors (Lipinski definition) is 4. The van der Waals surface area contributed by atoms with Crippen LogP contribution in [0, 0.1) is 0 Å². The molecule has 0 bridgehead atoms. The molecule has 2 fully saturated rings. The van der Waals surface area contributed by atoms with Crippen LogP contribution < -0.4 is 5.73 Å². The summed E-state index contributed by atoms with van der Waals surface area (Å²) in [5, 5.41) is 8.44. The average molecular weight is 222 g/mol. The molecule has 0 amide bonds. The van der Waals surface area contributed by atoms with Crippen molar-refractivity contribution in [1.82, 2.24) is 14.8 Å². The maximum atomic E-state index is 5.68. The lowest BCUT2D eigenvalue weighted by Gasteiger charge is -2.11. The summed E-state index contributed by atoms with van der Waals surface area (Å²) in [6.45, 7) is 1.38. The molecule has 88 valence electrons. The molecule has 0 radical (unpaired) electrons. The van der Waals surface area contributed by atoms with Crippen molar-refractivity contribution in [2.45, 2.75) is 50.8 Å². The van der Waals surface area contributed by atoms with Gasteiger partial charge < -0.3 is 15.0 Å². The van der Waals surface area contributed by atoms with Crippen molar-refractivity contribution in [3.63, 3.8) is 0 Å². The van der Waals surface area contributed by atoms with Gasteiger partial charge in [0.05, 0.1) is 12.6 Å². The Kier molecular flexibility index (Phi) is 2.65. The van der Waals surface area contributed by atoms with Crippen molar-refractivity contribution in [3.05, 3.63) is 11.6 Å². The molecule has 2 N–H and O–H groups in total. The first-order chi connectivity index (χ1) is 7.88. The third-order valence-electron chi connectivity index (χ3n) is 3.37. The van der Waals surface area contributed by atoms with E-state index >= 15 is 0 Å². The highest BCUT2D eigenvalue weighted by Gasteiger charge is 2.30. The predicted molar refractivity (Wildman–Crippen MR) is 58.9 cm³/mol. The van der Waals surface area contributed by atoms with Gasteiger partial charge in [-0.2, -0.15) is 0 Å². The van der Waals surface area contributed by atoms with Crippen molar-refractivity contribution in [3.8, 4) is 0 Å². The largest absolute Gasteiger partial charge is 0.378 e. The number of rotatable bonds is 4. The van der Waals surface area contributed by atoms with Gasteiger partial charge in [0, 0.05) is 19.1 Å². The lowest BCUT2D eigenvalue weighted by atomic mass is 10.2. The third-order valence-corrected chi connectivity index (χ3v) is 3.37. The summed E-state index contributed by atoms with van der Waals surface area (Å²) in [6.07, 6.45) is 6.03. The lowest BCUT2D eigenvalue weighted by Crippen LogP contribution is -2.15. The topological polar surface area (TPSA) is 66.0 Å². The molecule has 3 rings (SSSR count). The van der Waals surface area contributed by atoms with Gasteiger partial charge in [0.25, 0.3) is 0 Å². The van der Waals surface area contributed by atoms with E-state index in [2.05, 4.69) is 14.8 Å². The van der Waals surface area contributed by atoms with Gasteiger partial charge in [-0.3, -0.25) is 0 Å². The van der Waals surface area contributed by atoms with Crippen LogP contribution in [-0.2, 0) is 17.7 Å². The Morgan fingerprint density at radius 3 is 2.69 bits per heavy atom. The molecule has 1 atom stereocenters. The quantitative estimate of drug-likeness (QED) is 0.818. The van der Waals surface area contributed by atoms with Crippen LogP contribution in [-0.4, -0.2) is 27.5 Å². The maximum Gasteiger partial charge on any atom is 0.147 e. The van der Waals surface area contributed by atoms with Crippen molar-refractivity contribution in [2.75, 3.05) is 6.61 Å². The summed E-state index contributed by atoms with van der Waals surface area (Å²) < 4.78 is 7.88. The minimum absolute atomic E-state index is 0.340. The Morgan fingerprint density at radius 1 is 1.25 bits per heavy atom. The highest BCUT2D eigenvalue weighted by atomic mass is 16.5. The standard InChI is InChI=1S/C11H18N4O/c12-7-11-14-13-10(15(11)8-3-4-8)6-9-2-1-5-16-9/h8-9H,1-7,12H2. The first kappa shape index (κ1) is 10.2. The molecule has 0 aromatic carbocycles. The van der Waals surface area contributed by atoms with Crippen LogP contribution in [0.2, 0.25) is 0 Å². The van der Waals surface area contributed by atoms with Crippen LogP contribution in [0.15, 0.2) is 0 Å². The van der Waals surface area contributed by atoms with Crippen LogP contribution in [0.5, 0.6) is 0 Å². The van der Waals surface area contributed by atoms with Crippen molar-refractivity contribution >= 4 is 0 Å². The third kappa shape index (κ3) is 1.85. The first-order valence-electron chi connectivity index (χ1n) is 6.13. The van der Waals surface area contributed by atoms with E-state index in [1.165, 1.54) is 19.3 Å². The molecule has 1 aromatic rings. The summed E-state index contributed by atoms with van der Waals surface area (Å²) in [7, 11) is 0. The molecular weight excluding hydrogens is 204 g/mol. The summed E-state index contributed by atoms with van der Waals surface area (Å²) >= 11 is 0. The highest BCUT2D eigenvalue weighted by molar-refractivity contribution is 5.04. The van der Waals surface area contributed by atoms with E-state index < -0.39 is 0 Å². The summed E-state index contributed by atoms with van der Waals surface area (Å²) in [6, 6.07) is 0.602. The normalized spacial score (nSPS) is 25.2. The summed E-state index contributed by atoms with van der Waals surface area (Å²) in [4.78, 5) is 0. The molecule has 1 aliphatic carbocycles. The fourth-order valence-corrected chi connectivity index (χ4v) is 2.40. The molecule has 0 spiro atoms. The fourth-order valence-electron chi connectivity index (χ4n) is 2.40. The highest BCUT2D eigenvalue weighted by Crippen LogP contribution is 2.37. The smallest absolute Gasteiger partial charge is 0.147 e. The Morgan fingerprint density at radius 2 is 2.06 bits per heavy atom. The Bertz CT molecular complexity index is 366. The van der Waals surface area contributed by atoms with Crippen molar-refractivity contribution < 1.29 is 4.74 Å². The molecule has 1 aliphatic heterocycles. The number of aromatic nitrogens is 3. The van der Waals surface area contributed by atoms with Crippen molar-refractivity contribution in [2.24, 2.45) is 5.73 Å². The number of ether oxygens (including phenoxy) is 1. The van der Waals surface area contributed by atoms with Crippen LogP contribution >= 0.6 is 0 Å². The molecule has 16 heavy (non-hydrogen) atoms. The van der Waals surface area contributed by atoms with Gasteiger partial charge in [0.15, 0.2) is 0 Å². The zero-order valence-corrected chi connectivity index (χ0v) is 9.43. The van der Waals surface area contributed by atoms with Crippen LogP contribution in [0.25, 0.3) is 0 Å². The molecule has 2 heterocycles. The Balaban J connectivity index is 1.79. The average Bonchev–Trinajstić information content (AvgIpc) is 2.86. The van der Waals surface area contributed by atoms with Crippen LogP contribution in [0.1, 0.15) is 43.4 Å². The van der Waals surface area contributed by atoms with Gasteiger partial charge in [0.1, 0.15) is 11.6 Å². The molecule has 1 saturated heterocycles. The van der Waals surface area contributed by atoms with E-state index in [0.29, 0.717) is 18.7 Å². The monoisotopic (exact) mass is 222 g/mol. The Hall–Kier alpha value is -0.940. The number of hydrogen-bond donors (Lipinski definition) is 1. The molecule has 1 aromatic heterocycles. The van der Waals surface area contributed by atoms with Gasteiger partial charge >= 0.3 is 0 Å². The number of nitrogens with two attached hydrogens (primary N) is 1. The van der Waals surface area contributed by atoms with Crippen LogP contribution in [0.4, 0.5) is 0 Å². The van der Waals surface area contributed by atoms with Gasteiger partial charge in [0.2, 0.25) is 0 Å². The van der Waals surface area contributed by atoms with Gasteiger partial charge in [-0.15, -0.1) is 10.2 Å². The number of nitrogens with zero attached hydrogens (tertiary/aromatic N) is 3. The van der Waals surface area contributed by atoms with Gasteiger partial charge in [-0.25, -0.2) is 0 Å². The van der Waals surface area contributed by atoms with E-state index in [4.69, 9.17) is 10.5 Å². The molecule has 1 saturated carbocycles. The zero-order chi connectivity index (χ0) is 11.0. The second-order valence-electron chi connectivity index (χ2n) is 4.68. The SMILES string of the molecule is NCc1nnc(CC2CCCO2)n1C1CC1. The molecule has 5 heteroatoms. The Labute approximate surface area is 95.0 Å². The molecular formula is C11H18N4O. The van der Waals surface area contributed by atoms with E-state index in [0.717, 1.165) is 31.1 Å². The minimum Gasteiger partial charge on any atom is -0.378 e. The van der Waals surface area contributed by atoms with E-state index in [1.807, 2.05) is 0 Å². The van der Waals surface area contributed by atoms with Gasteiger partial charge in [-0.05, 0) is 25.7 Å². The van der Waals surface area contributed by atoms with Gasteiger partial charge in [-0.1, -0.05) is 0 Å². The maximum absolute atomic E-state index is 5.68. The molecule has 2 aliphatic rings. The van der Waals surface area contributed by atoms with E-state index in [-0.39, 0.29) is 0 Å². The lowest BCUT2D eigenvalue weighted by molar-refractivity contribution is 0.109. The summed E-state index contributed by atoms with van der Waals surface area (Å²) in [5.41, 5.74) is 5.68. The van der Waals surface area contributed by atoms with E-state index in [1.54, 1.807) is 0 Å². The van der Waals surface area contributed by atoms with E-state index in [9.17, 15) is 0 Å². The van der Waals surface area contributed by atoms with Crippen molar-refractivity contribution in [1.29, 1.82) is 0 Å². The predicted octanol–water partition coefficient (Wildman–Crippen LogP) is 0.793. The zero-order valence-electron chi connectivity index (χ0n) is 9.43. The second kappa shape index (κ2) is 4.14. The summed E-state index contributed by atoms with van der Waals surface area (Å²) in [5.74, 6) is 1.99. The van der Waals surface area contributed by atoms with Crippen LogP contribution in [0.3, 0.4) is 0 Å². The first-order valence-corrected chi connectivity index (χ1v) is 6.13. The molecule has 1 unspecified atom stereocenters. The second-order valence-corrected chi connectivity index (χ2v) is 4.68. The minimum atomic E-state index is 0.340.